The molecule has 1 rings (SSSR count). The van der Waals surface area contributed by atoms with Crippen molar-refractivity contribution in [3.05, 3.63) is 0 Å². The van der Waals surface area contributed by atoms with E-state index in [0.717, 1.165) is 18.8 Å². The monoisotopic (exact) mass is 304 g/mol. The highest BCUT2D eigenvalue weighted by Gasteiger charge is 2.25. The highest BCUT2D eigenvalue weighted by atomic mass is 79.9. The van der Waals surface area contributed by atoms with Gasteiger partial charge in [-0.1, -0.05) is 55.0 Å². The second-order valence-corrected chi connectivity index (χ2v) is 5.84. The molecule has 0 bridgehead atoms. The molecule has 1 heterocycles. The highest BCUT2D eigenvalue weighted by molar-refractivity contribution is 9.09. The van der Waals surface area contributed by atoms with Crippen LogP contribution in [0, 0.1) is 0 Å². The molecule has 2 unspecified atom stereocenters. The number of aliphatic hydroxyl groups excluding tert-OH is 1. The molecular formula is C13H25BrN2O. The third kappa shape index (κ3) is 5.38. The fourth-order valence-corrected chi connectivity index (χ4v) is 2.73. The lowest BCUT2D eigenvalue weighted by molar-refractivity contribution is 0.0758. The Morgan fingerprint density at radius 1 is 1.35 bits per heavy atom. The molecule has 2 atom stereocenters. The zero-order valence-corrected chi connectivity index (χ0v) is 12.6. The fraction of sp³-hybridized carbons (Fsp3) is 0.923. The number of unbranched alkanes of at least 4 members (excludes halogenated alkanes) is 5. The Morgan fingerprint density at radius 2 is 2.00 bits per heavy atom. The van der Waals surface area contributed by atoms with Crippen molar-refractivity contribution in [2.45, 2.75) is 70.0 Å². The molecule has 17 heavy (non-hydrogen) atoms. The first-order chi connectivity index (χ1) is 8.15. The predicted molar refractivity (Wildman–Crippen MR) is 76.5 cm³/mol. The van der Waals surface area contributed by atoms with E-state index in [-0.39, 0.29) is 4.95 Å². The van der Waals surface area contributed by atoms with Gasteiger partial charge in [-0.2, -0.15) is 0 Å². The number of aliphatic imine (C=N–C) groups is 1. The van der Waals surface area contributed by atoms with E-state index in [4.69, 9.17) is 0 Å². The van der Waals surface area contributed by atoms with Gasteiger partial charge in [0.2, 0.25) is 0 Å². The molecule has 100 valence electrons. The molecule has 0 radical (unpaired) electrons. The minimum absolute atomic E-state index is 0.159. The number of halogens is 1. The van der Waals surface area contributed by atoms with Gasteiger partial charge in [0.25, 0.3) is 0 Å². The van der Waals surface area contributed by atoms with Gasteiger partial charge in [-0.15, -0.1) is 0 Å². The van der Waals surface area contributed by atoms with Crippen molar-refractivity contribution in [2.75, 3.05) is 6.54 Å². The Morgan fingerprint density at radius 3 is 2.65 bits per heavy atom. The van der Waals surface area contributed by atoms with E-state index < -0.39 is 6.23 Å². The summed E-state index contributed by atoms with van der Waals surface area (Å²) in [6, 6.07) is 0. The van der Waals surface area contributed by atoms with Crippen LogP contribution in [0.4, 0.5) is 0 Å². The maximum Gasteiger partial charge on any atom is 0.125 e. The smallest absolute Gasteiger partial charge is 0.125 e. The van der Waals surface area contributed by atoms with Gasteiger partial charge in [0, 0.05) is 6.42 Å². The molecule has 1 aliphatic rings. The van der Waals surface area contributed by atoms with Crippen molar-refractivity contribution >= 4 is 21.8 Å². The number of amidine groups is 1. The van der Waals surface area contributed by atoms with Crippen LogP contribution in [0.25, 0.3) is 0 Å². The van der Waals surface area contributed by atoms with E-state index in [1.54, 1.807) is 0 Å². The average molecular weight is 305 g/mol. The summed E-state index contributed by atoms with van der Waals surface area (Å²) in [5, 5.41) is 9.64. The van der Waals surface area contributed by atoms with Crippen molar-refractivity contribution in [1.29, 1.82) is 0 Å². The molecule has 0 spiro atoms. The Kier molecular flexibility index (Phi) is 7.12. The molecular weight excluding hydrogens is 280 g/mol. The SMILES string of the molecule is CCCCCCCCC1=NC(Br)CN1C(C)O. The first-order valence-electron chi connectivity index (χ1n) is 6.80. The molecule has 0 amide bonds. The van der Waals surface area contributed by atoms with Crippen LogP contribution in [0.15, 0.2) is 4.99 Å². The number of hydrogen-bond donors (Lipinski definition) is 1. The van der Waals surface area contributed by atoms with Crippen LogP contribution in [0.1, 0.15) is 58.8 Å². The molecule has 0 aromatic carbocycles. The van der Waals surface area contributed by atoms with Crippen LogP contribution in [0.2, 0.25) is 0 Å². The molecule has 4 heteroatoms. The van der Waals surface area contributed by atoms with Crippen molar-refractivity contribution in [1.82, 2.24) is 4.90 Å². The van der Waals surface area contributed by atoms with Gasteiger partial charge in [-0.3, -0.25) is 4.99 Å². The molecule has 0 fully saturated rings. The summed E-state index contributed by atoms with van der Waals surface area (Å²) in [7, 11) is 0. The summed E-state index contributed by atoms with van der Waals surface area (Å²) in [6.45, 7) is 4.84. The van der Waals surface area contributed by atoms with Gasteiger partial charge >= 0.3 is 0 Å². The molecule has 1 N–H and O–H groups in total. The molecule has 0 aromatic rings. The molecule has 0 aliphatic carbocycles. The minimum Gasteiger partial charge on any atom is -0.374 e. The summed E-state index contributed by atoms with van der Waals surface area (Å²) < 4.78 is 0. The normalized spacial score (nSPS) is 21.8. The molecule has 0 saturated heterocycles. The Labute approximate surface area is 113 Å². The number of alkyl halides is 1. The van der Waals surface area contributed by atoms with Gasteiger partial charge in [0.15, 0.2) is 0 Å². The van der Waals surface area contributed by atoms with E-state index in [9.17, 15) is 5.11 Å². The van der Waals surface area contributed by atoms with Gasteiger partial charge < -0.3 is 10.0 Å². The maximum absolute atomic E-state index is 9.64. The summed E-state index contributed by atoms with van der Waals surface area (Å²) in [4.78, 5) is 6.68. The third-order valence-electron chi connectivity index (χ3n) is 3.17. The number of rotatable bonds is 8. The van der Waals surface area contributed by atoms with E-state index in [0.29, 0.717) is 0 Å². The first kappa shape index (κ1) is 15.0. The van der Waals surface area contributed by atoms with Crippen LogP contribution in [0.5, 0.6) is 0 Å². The molecule has 0 aromatic heterocycles. The maximum atomic E-state index is 9.64. The van der Waals surface area contributed by atoms with Crippen LogP contribution >= 0.6 is 15.9 Å². The molecule has 3 nitrogen and oxygen atoms in total. The Bertz CT molecular complexity index is 244. The van der Waals surface area contributed by atoms with Crippen LogP contribution in [-0.4, -0.2) is 33.6 Å². The standard InChI is InChI=1S/C13H25BrN2O/c1-3-4-5-6-7-8-9-13-15-12(14)10-16(13)11(2)17/h11-12,17H,3-10H2,1-2H3. The third-order valence-corrected chi connectivity index (χ3v) is 3.67. The topological polar surface area (TPSA) is 35.8 Å². The second kappa shape index (κ2) is 8.09. The second-order valence-electron chi connectivity index (χ2n) is 4.78. The fourth-order valence-electron chi connectivity index (χ4n) is 2.18. The van der Waals surface area contributed by atoms with Crippen LogP contribution in [-0.2, 0) is 0 Å². The quantitative estimate of drug-likeness (QED) is 0.423. The van der Waals surface area contributed by atoms with Crippen molar-refractivity contribution < 1.29 is 5.11 Å². The van der Waals surface area contributed by atoms with Crippen molar-refractivity contribution in [3.8, 4) is 0 Å². The summed E-state index contributed by atoms with van der Waals surface area (Å²) in [5.74, 6) is 1.07. The lowest BCUT2D eigenvalue weighted by atomic mass is 10.1. The van der Waals surface area contributed by atoms with Gasteiger partial charge in [-0.25, -0.2) is 0 Å². The van der Waals surface area contributed by atoms with Gasteiger partial charge in [0.05, 0.1) is 6.54 Å². The summed E-state index contributed by atoms with van der Waals surface area (Å²) in [5.41, 5.74) is 0. The van der Waals surface area contributed by atoms with Gasteiger partial charge in [-0.05, 0) is 13.3 Å². The summed E-state index contributed by atoms with van der Waals surface area (Å²) >= 11 is 3.49. The lowest BCUT2D eigenvalue weighted by Gasteiger charge is -2.23. The summed E-state index contributed by atoms with van der Waals surface area (Å²) in [6.07, 6.45) is 8.37. The zero-order valence-electron chi connectivity index (χ0n) is 11.0. The Balaban J connectivity index is 2.19. The highest BCUT2D eigenvalue weighted by Crippen LogP contribution is 2.19. The van der Waals surface area contributed by atoms with E-state index in [2.05, 4.69) is 27.8 Å². The van der Waals surface area contributed by atoms with Crippen molar-refractivity contribution in [3.63, 3.8) is 0 Å². The van der Waals surface area contributed by atoms with Crippen molar-refractivity contribution in [2.24, 2.45) is 4.99 Å². The van der Waals surface area contributed by atoms with E-state index in [1.165, 1.54) is 38.5 Å². The number of aliphatic hydroxyl groups is 1. The average Bonchev–Trinajstić information content (AvgIpc) is 2.65. The lowest BCUT2D eigenvalue weighted by Crippen LogP contribution is -2.36. The zero-order chi connectivity index (χ0) is 12.7. The minimum atomic E-state index is -0.420. The number of nitrogens with zero attached hydrogens (tertiary/aromatic N) is 2. The largest absolute Gasteiger partial charge is 0.374 e. The van der Waals surface area contributed by atoms with Crippen LogP contribution in [0.3, 0.4) is 0 Å². The molecule has 0 saturated carbocycles. The number of hydrogen-bond acceptors (Lipinski definition) is 3. The van der Waals surface area contributed by atoms with Crippen LogP contribution < -0.4 is 0 Å². The molecule has 1 aliphatic heterocycles. The van der Waals surface area contributed by atoms with E-state index in [1.807, 2.05) is 11.8 Å². The van der Waals surface area contributed by atoms with Gasteiger partial charge in [0.1, 0.15) is 17.0 Å². The first-order valence-corrected chi connectivity index (χ1v) is 7.72. The predicted octanol–water partition coefficient (Wildman–Crippen LogP) is 3.51. The Hall–Kier alpha value is -0.0900. The van der Waals surface area contributed by atoms with E-state index >= 15 is 0 Å².